The molecule has 4 nitrogen and oxygen atoms in total. The molecule has 104 valence electrons. The monoisotopic (exact) mass is 281 g/mol. The van der Waals surface area contributed by atoms with E-state index in [1.807, 2.05) is 24.3 Å². The number of thioether (sulfide) groups is 1. The summed E-state index contributed by atoms with van der Waals surface area (Å²) in [5.41, 5.74) is 0. The minimum absolute atomic E-state index is 0.0447. The van der Waals surface area contributed by atoms with E-state index in [9.17, 15) is 4.79 Å². The van der Waals surface area contributed by atoms with Gasteiger partial charge in [-0.3, -0.25) is 4.79 Å². The van der Waals surface area contributed by atoms with Crippen LogP contribution >= 0.6 is 11.8 Å². The Morgan fingerprint density at radius 1 is 1.58 bits per heavy atom. The number of hydrogen-bond donors (Lipinski definition) is 1. The highest BCUT2D eigenvalue weighted by Crippen LogP contribution is 2.22. The Balaban J connectivity index is 1.70. The quantitative estimate of drug-likeness (QED) is 0.811. The minimum atomic E-state index is 0.0447. The Hall–Kier alpha value is -1.20. The van der Waals surface area contributed by atoms with Crippen LogP contribution in [0.1, 0.15) is 12.8 Å². The van der Waals surface area contributed by atoms with Gasteiger partial charge in [0.05, 0.1) is 19.0 Å². The molecule has 0 spiro atoms. The summed E-state index contributed by atoms with van der Waals surface area (Å²) in [6.07, 6.45) is 2.34. The number of rotatable bonds is 6. The molecule has 0 saturated carbocycles. The van der Waals surface area contributed by atoms with Crippen molar-refractivity contribution < 1.29 is 14.3 Å². The SMILES string of the molecule is COc1cccc(SCC(=O)NC[C@H]2CCCO2)c1. The fourth-order valence-electron chi connectivity index (χ4n) is 1.92. The van der Waals surface area contributed by atoms with Crippen molar-refractivity contribution >= 4 is 17.7 Å². The standard InChI is InChI=1S/C14H19NO3S/c1-17-11-4-2-6-13(8-11)19-10-14(16)15-9-12-5-3-7-18-12/h2,4,6,8,12H,3,5,7,9-10H2,1H3,(H,15,16)/t12-/m1/s1. The van der Waals surface area contributed by atoms with Crippen LogP contribution < -0.4 is 10.1 Å². The van der Waals surface area contributed by atoms with Gasteiger partial charge < -0.3 is 14.8 Å². The minimum Gasteiger partial charge on any atom is -0.497 e. The summed E-state index contributed by atoms with van der Waals surface area (Å²) in [4.78, 5) is 12.7. The Morgan fingerprint density at radius 2 is 2.47 bits per heavy atom. The molecule has 0 aliphatic carbocycles. The first-order valence-electron chi connectivity index (χ1n) is 6.43. The largest absolute Gasteiger partial charge is 0.497 e. The number of hydrogen-bond acceptors (Lipinski definition) is 4. The molecule has 1 fully saturated rings. The smallest absolute Gasteiger partial charge is 0.230 e. The second-order valence-corrected chi connectivity index (χ2v) is 5.46. The number of amides is 1. The number of methoxy groups -OCH3 is 1. The van der Waals surface area contributed by atoms with Gasteiger partial charge in [-0.15, -0.1) is 11.8 Å². The van der Waals surface area contributed by atoms with E-state index >= 15 is 0 Å². The lowest BCUT2D eigenvalue weighted by Gasteiger charge is -2.10. The van der Waals surface area contributed by atoms with Crippen molar-refractivity contribution in [2.24, 2.45) is 0 Å². The molecule has 19 heavy (non-hydrogen) atoms. The van der Waals surface area contributed by atoms with E-state index in [1.165, 1.54) is 11.8 Å². The molecule has 1 amide bonds. The predicted octanol–water partition coefficient (Wildman–Crippen LogP) is 2.08. The number of carbonyl (C=O) groups is 1. The van der Waals surface area contributed by atoms with Crippen LogP contribution in [-0.2, 0) is 9.53 Å². The van der Waals surface area contributed by atoms with E-state index in [2.05, 4.69) is 5.32 Å². The molecule has 2 rings (SSSR count). The van der Waals surface area contributed by atoms with Crippen molar-refractivity contribution in [2.75, 3.05) is 26.0 Å². The summed E-state index contributed by atoms with van der Waals surface area (Å²) < 4.78 is 10.6. The third-order valence-electron chi connectivity index (χ3n) is 2.96. The van der Waals surface area contributed by atoms with Gasteiger partial charge in [0.15, 0.2) is 0 Å². The zero-order valence-electron chi connectivity index (χ0n) is 11.1. The van der Waals surface area contributed by atoms with E-state index in [0.29, 0.717) is 12.3 Å². The predicted molar refractivity (Wildman–Crippen MR) is 75.7 cm³/mol. The third-order valence-corrected chi connectivity index (χ3v) is 3.96. The molecule has 1 aromatic rings. The first-order valence-corrected chi connectivity index (χ1v) is 7.41. The Labute approximate surface area is 117 Å². The lowest BCUT2D eigenvalue weighted by Crippen LogP contribution is -2.32. The van der Waals surface area contributed by atoms with Crippen LogP contribution in [0, 0.1) is 0 Å². The first-order chi connectivity index (χ1) is 9.28. The van der Waals surface area contributed by atoms with E-state index < -0.39 is 0 Å². The zero-order valence-corrected chi connectivity index (χ0v) is 11.9. The van der Waals surface area contributed by atoms with Crippen LogP contribution in [0.15, 0.2) is 29.2 Å². The van der Waals surface area contributed by atoms with Crippen LogP contribution in [0.5, 0.6) is 5.75 Å². The fourth-order valence-corrected chi connectivity index (χ4v) is 2.70. The highest BCUT2D eigenvalue weighted by atomic mass is 32.2. The lowest BCUT2D eigenvalue weighted by molar-refractivity contribution is -0.119. The number of ether oxygens (including phenoxy) is 2. The molecule has 0 aromatic heterocycles. The average Bonchev–Trinajstić information content (AvgIpc) is 2.96. The molecule has 0 radical (unpaired) electrons. The van der Waals surface area contributed by atoms with Crippen molar-refractivity contribution in [2.45, 2.75) is 23.8 Å². The Bertz CT molecular complexity index is 419. The van der Waals surface area contributed by atoms with Gasteiger partial charge in [0, 0.05) is 18.0 Å². The molecular weight excluding hydrogens is 262 g/mol. The number of carbonyl (C=O) groups excluding carboxylic acids is 1. The summed E-state index contributed by atoms with van der Waals surface area (Å²) >= 11 is 1.51. The molecule has 1 aliphatic heterocycles. The maximum Gasteiger partial charge on any atom is 0.230 e. The summed E-state index contributed by atoms with van der Waals surface area (Å²) in [6.45, 7) is 1.44. The number of benzene rings is 1. The average molecular weight is 281 g/mol. The van der Waals surface area contributed by atoms with Crippen LogP contribution in [0.2, 0.25) is 0 Å². The maximum atomic E-state index is 11.7. The molecule has 1 saturated heterocycles. The summed E-state index contributed by atoms with van der Waals surface area (Å²) in [5, 5.41) is 2.91. The van der Waals surface area contributed by atoms with Crippen molar-refractivity contribution in [1.29, 1.82) is 0 Å². The van der Waals surface area contributed by atoms with Gasteiger partial charge in [-0.05, 0) is 31.0 Å². The summed E-state index contributed by atoms with van der Waals surface area (Å²) in [6, 6.07) is 7.71. The molecular formula is C14H19NO3S. The van der Waals surface area contributed by atoms with E-state index in [0.717, 1.165) is 30.1 Å². The summed E-state index contributed by atoms with van der Waals surface area (Å²) in [7, 11) is 1.64. The molecule has 0 unspecified atom stereocenters. The molecule has 5 heteroatoms. The summed E-state index contributed by atoms with van der Waals surface area (Å²) in [5.74, 6) is 1.27. The van der Waals surface area contributed by atoms with E-state index in [-0.39, 0.29) is 12.0 Å². The van der Waals surface area contributed by atoms with Gasteiger partial charge in [0.2, 0.25) is 5.91 Å². The first kappa shape index (κ1) is 14.2. The van der Waals surface area contributed by atoms with Crippen LogP contribution in [0.25, 0.3) is 0 Å². The van der Waals surface area contributed by atoms with Crippen molar-refractivity contribution in [3.63, 3.8) is 0 Å². The molecule has 1 aliphatic rings. The third kappa shape index (κ3) is 4.76. The second-order valence-electron chi connectivity index (χ2n) is 4.41. The van der Waals surface area contributed by atoms with Gasteiger partial charge in [0.25, 0.3) is 0 Å². The zero-order chi connectivity index (χ0) is 13.5. The van der Waals surface area contributed by atoms with Crippen molar-refractivity contribution in [3.05, 3.63) is 24.3 Å². The van der Waals surface area contributed by atoms with Gasteiger partial charge in [-0.2, -0.15) is 0 Å². The van der Waals surface area contributed by atoms with Gasteiger partial charge >= 0.3 is 0 Å². The Morgan fingerprint density at radius 3 is 3.21 bits per heavy atom. The van der Waals surface area contributed by atoms with Crippen LogP contribution in [0.4, 0.5) is 0 Å². The molecule has 1 heterocycles. The molecule has 1 atom stereocenters. The molecule has 1 aromatic carbocycles. The Kier molecular flexibility index (Phi) is 5.54. The maximum absolute atomic E-state index is 11.7. The van der Waals surface area contributed by atoms with Gasteiger partial charge in [-0.1, -0.05) is 6.07 Å². The van der Waals surface area contributed by atoms with Crippen molar-refractivity contribution in [1.82, 2.24) is 5.32 Å². The molecule has 0 bridgehead atoms. The van der Waals surface area contributed by atoms with Crippen molar-refractivity contribution in [3.8, 4) is 5.75 Å². The normalized spacial score (nSPS) is 18.3. The number of nitrogens with one attached hydrogen (secondary N) is 1. The van der Waals surface area contributed by atoms with Gasteiger partial charge in [0.1, 0.15) is 5.75 Å². The highest BCUT2D eigenvalue weighted by molar-refractivity contribution is 8.00. The van der Waals surface area contributed by atoms with Crippen LogP contribution in [0.3, 0.4) is 0 Å². The molecule has 1 N–H and O–H groups in total. The second kappa shape index (κ2) is 7.40. The lowest BCUT2D eigenvalue weighted by atomic mass is 10.2. The van der Waals surface area contributed by atoms with E-state index in [1.54, 1.807) is 7.11 Å². The van der Waals surface area contributed by atoms with Gasteiger partial charge in [-0.25, -0.2) is 0 Å². The van der Waals surface area contributed by atoms with Crippen LogP contribution in [-0.4, -0.2) is 38.0 Å². The highest BCUT2D eigenvalue weighted by Gasteiger charge is 2.16. The fraction of sp³-hybridized carbons (Fsp3) is 0.500. The van der Waals surface area contributed by atoms with E-state index in [4.69, 9.17) is 9.47 Å². The topological polar surface area (TPSA) is 47.6 Å².